The Morgan fingerprint density at radius 2 is 1.80 bits per heavy atom. The summed E-state index contributed by atoms with van der Waals surface area (Å²) in [5, 5.41) is 0.542. The summed E-state index contributed by atoms with van der Waals surface area (Å²) in [6, 6.07) is 0. The zero-order chi connectivity index (χ0) is 14.7. The minimum Gasteiger partial charge on any atom is -0.330 e. The topological polar surface area (TPSA) is 104 Å². The summed E-state index contributed by atoms with van der Waals surface area (Å²) >= 11 is -1.97. The van der Waals surface area contributed by atoms with E-state index in [1.54, 1.807) is 0 Å². The molecule has 9 heteroatoms. The number of hydroxylamine groups is 2. The van der Waals surface area contributed by atoms with Crippen LogP contribution in [0.3, 0.4) is 0 Å². The Morgan fingerprint density at radius 3 is 2.30 bits per heavy atom. The molecule has 0 aliphatic carbocycles. The molecule has 0 saturated carbocycles. The molecule has 0 aromatic carbocycles. The number of carbonyl (C=O) groups is 3. The van der Waals surface area contributed by atoms with Crippen molar-refractivity contribution in [2.24, 2.45) is 5.92 Å². The van der Waals surface area contributed by atoms with Crippen LogP contribution < -0.4 is 0 Å². The van der Waals surface area contributed by atoms with E-state index >= 15 is 0 Å². The van der Waals surface area contributed by atoms with Gasteiger partial charge in [-0.15, -0.1) is 5.06 Å². The van der Waals surface area contributed by atoms with E-state index in [1.807, 2.05) is 0 Å². The van der Waals surface area contributed by atoms with Gasteiger partial charge >= 0.3 is 5.97 Å². The molecule has 0 radical (unpaired) electrons. The monoisotopic (exact) mass is 304 g/mol. The van der Waals surface area contributed by atoms with Gasteiger partial charge < -0.3 is 4.84 Å². The molecule has 0 bridgehead atoms. The van der Waals surface area contributed by atoms with Gasteiger partial charge in [0.15, 0.2) is 0 Å². The first-order valence-electron chi connectivity index (χ1n) is 6.40. The van der Waals surface area contributed by atoms with Crippen molar-refractivity contribution in [2.45, 2.75) is 32.1 Å². The Bertz CT molecular complexity index is 430. The summed E-state index contributed by atoms with van der Waals surface area (Å²) in [7, 11) is 0. The lowest BCUT2D eigenvalue weighted by Gasteiger charge is -2.28. The van der Waals surface area contributed by atoms with Gasteiger partial charge in [0.05, 0.1) is 6.42 Å². The van der Waals surface area contributed by atoms with Gasteiger partial charge in [0, 0.05) is 25.9 Å². The van der Waals surface area contributed by atoms with Gasteiger partial charge in [0.2, 0.25) is 11.3 Å². The summed E-state index contributed by atoms with van der Waals surface area (Å²) in [5.41, 5.74) is 0. The molecule has 2 amide bonds. The zero-order valence-electron chi connectivity index (χ0n) is 10.8. The molecule has 20 heavy (non-hydrogen) atoms. The Balaban J connectivity index is 1.77. The summed E-state index contributed by atoms with van der Waals surface area (Å²) in [4.78, 5) is 39.0. The first-order valence-corrected chi connectivity index (χ1v) is 7.46. The van der Waals surface area contributed by atoms with Crippen molar-refractivity contribution < 1.29 is 28.0 Å². The molecule has 1 N–H and O–H groups in total. The molecule has 2 aliphatic heterocycles. The number of piperidine rings is 1. The second-order valence-corrected chi connectivity index (χ2v) is 5.83. The molecule has 2 saturated heterocycles. The first kappa shape index (κ1) is 15.1. The van der Waals surface area contributed by atoms with Crippen LogP contribution in [0.25, 0.3) is 0 Å². The molecule has 2 aliphatic rings. The highest BCUT2D eigenvalue weighted by molar-refractivity contribution is 7.76. The third-order valence-electron chi connectivity index (χ3n) is 3.45. The van der Waals surface area contributed by atoms with Crippen LogP contribution in [0.5, 0.6) is 0 Å². The Kier molecular flexibility index (Phi) is 4.84. The van der Waals surface area contributed by atoms with Crippen molar-refractivity contribution in [3.8, 4) is 0 Å². The third-order valence-corrected chi connectivity index (χ3v) is 4.26. The average Bonchev–Trinajstić information content (AvgIpc) is 2.71. The van der Waals surface area contributed by atoms with Gasteiger partial charge in [0.1, 0.15) is 0 Å². The van der Waals surface area contributed by atoms with E-state index < -0.39 is 29.1 Å². The minimum absolute atomic E-state index is 0.0371. The van der Waals surface area contributed by atoms with E-state index in [-0.39, 0.29) is 25.2 Å². The van der Waals surface area contributed by atoms with Crippen LogP contribution in [0.15, 0.2) is 0 Å². The van der Waals surface area contributed by atoms with Crippen molar-refractivity contribution in [1.29, 1.82) is 0 Å². The molecule has 8 nitrogen and oxygen atoms in total. The zero-order valence-corrected chi connectivity index (χ0v) is 11.6. The van der Waals surface area contributed by atoms with E-state index in [0.29, 0.717) is 31.0 Å². The number of hydrogen-bond donors (Lipinski definition) is 1. The quantitative estimate of drug-likeness (QED) is 0.571. The van der Waals surface area contributed by atoms with Gasteiger partial charge in [-0.1, -0.05) is 0 Å². The van der Waals surface area contributed by atoms with E-state index in [1.165, 1.54) is 4.31 Å². The number of amides is 2. The van der Waals surface area contributed by atoms with Crippen LogP contribution in [0.2, 0.25) is 0 Å². The number of imide groups is 1. The maximum Gasteiger partial charge on any atom is 0.333 e. The highest BCUT2D eigenvalue weighted by atomic mass is 32.2. The Morgan fingerprint density at radius 1 is 1.25 bits per heavy atom. The van der Waals surface area contributed by atoms with E-state index in [0.717, 1.165) is 0 Å². The number of rotatable bonds is 4. The molecular formula is C11H16N2O6S. The molecule has 1 unspecified atom stereocenters. The van der Waals surface area contributed by atoms with E-state index in [2.05, 4.69) is 0 Å². The fourth-order valence-corrected chi connectivity index (χ4v) is 2.83. The lowest BCUT2D eigenvalue weighted by molar-refractivity contribution is -0.198. The van der Waals surface area contributed by atoms with E-state index in [4.69, 9.17) is 9.39 Å². The number of carbonyl (C=O) groups excluding carboxylic acids is 3. The smallest absolute Gasteiger partial charge is 0.330 e. The van der Waals surface area contributed by atoms with Crippen LogP contribution in [0.4, 0.5) is 0 Å². The molecule has 2 rings (SSSR count). The Hall–Kier alpha value is -1.32. The molecule has 2 heterocycles. The molecule has 112 valence electrons. The highest BCUT2D eigenvalue weighted by Gasteiger charge is 2.33. The molecule has 0 spiro atoms. The second-order valence-electron chi connectivity index (χ2n) is 4.85. The SMILES string of the molecule is O=C(CC1CCN(S(=O)O)CC1)ON1C(=O)CCC1=O. The third kappa shape index (κ3) is 3.62. The van der Waals surface area contributed by atoms with Crippen molar-refractivity contribution in [2.75, 3.05) is 13.1 Å². The summed E-state index contributed by atoms with van der Waals surface area (Å²) in [6.45, 7) is 0.866. The average molecular weight is 304 g/mol. The van der Waals surface area contributed by atoms with Gasteiger partial charge in [-0.05, 0) is 18.8 Å². The van der Waals surface area contributed by atoms with Gasteiger partial charge in [0.25, 0.3) is 11.8 Å². The van der Waals surface area contributed by atoms with E-state index in [9.17, 15) is 18.6 Å². The lowest BCUT2D eigenvalue weighted by Crippen LogP contribution is -2.37. The van der Waals surface area contributed by atoms with Crippen LogP contribution >= 0.6 is 0 Å². The largest absolute Gasteiger partial charge is 0.333 e. The maximum atomic E-state index is 11.7. The van der Waals surface area contributed by atoms with Crippen molar-refractivity contribution in [3.63, 3.8) is 0 Å². The minimum atomic E-state index is -1.97. The van der Waals surface area contributed by atoms with Crippen LogP contribution in [-0.4, -0.2) is 49.0 Å². The van der Waals surface area contributed by atoms with Crippen LogP contribution in [0, 0.1) is 5.92 Å². The van der Waals surface area contributed by atoms with Crippen molar-refractivity contribution in [1.82, 2.24) is 9.37 Å². The summed E-state index contributed by atoms with van der Waals surface area (Å²) < 4.78 is 21.2. The maximum absolute atomic E-state index is 11.7. The van der Waals surface area contributed by atoms with Crippen molar-refractivity contribution >= 4 is 29.1 Å². The molecule has 2 fully saturated rings. The highest BCUT2D eigenvalue weighted by Crippen LogP contribution is 2.22. The molecule has 0 aromatic rings. The molecular weight excluding hydrogens is 288 g/mol. The number of nitrogens with zero attached hydrogens (tertiary/aromatic N) is 2. The fraction of sp³-hybridized carbons (Fsp3) is 0.727. The summed E-state index contributed by atoms with van der Waals surface area (Å²) in [5.74, 6) is -1.56. The lowest BCUT2D eigenvalue weighted by atomic mass is 9.95. The Labute approximate surface area is 118 Å². The summed E-state index contributed by atoms with van der Waals surface area (Å²) in [6.07, 6.45) is 1.45. The first-order chi connectivity index (χ1) is 9.47. The standard InChI is InChI=1S/C11H16N2O6S/c14-9-1-2-10(15)13(9)19-11(16)7-8-3-5-12(6-4-8)20(17)18/h8H,1-7H2,(H,17,18). The van der Waals surface area contributed by atoms with Gasteiger partial charge in [-0.3, -0.25) is 14.1 Å². The van der Waals surface area contributed by atoms with Gasteiger partial charge in [-0.25, -0.2) is 13.3 Å². The predicted octanol–water partition coefficient (Wildman–Crippen LogP) is -0.168. The van der Waals surface area contributed by atoms with Gasteiger partial charge in [-0.2, -0.15) is 0 Å². The van der Waals surface area contributed by atoms with Crippen molar-refractivity contribution in [3.05, 3.63) is 0 Å². The molecule has 1 atom stereocenters. The normalized spacial score (nSPS) is 23.1. The molecule has 0 aromatic heterocycles. The number of hydrogen-bond acceptors (Lipinski definition) is 5. The predicted molar refractivity (Wildman–Crippen MR) is 66.9 cm³/mol. The fourth-order valence-electron chi connectivity index (χ4n) is 2.30. The van der Waals surface area contributed by atoms with Crippen LogP contribution in [0.1, 0.15) is 32.1 Å². The van der Waals surface area contributed by atoms with Crippen LogP contribution in [-0.2, 0) is 30.5 Å². The second kappa shape index (κ2) is 6.42.